The lowest BCUT2D eigenvalue weighted by molar-refractivity contribution is 0.0934. The summed E-state index contributed by atoms with van der Waals surface area (Å²) in [6, 6.07) is 14.2. The fourth-order valence-corrected chi connectivity index (χ4v) is 1.95. The van der Waals surface area contributed by atoms with Crippen LogP contribution in [0.2, 0.25) is 0 Å². The van der Waals surface area contributed by atoms with Crippen molar-refractivity contribution in [1.29, 1.82) is 0 Å². The predicted molar refractivity (Wildman–Crippen MR) is 93.0 cm³/mol. The van der Waals surface area contributed by atoms with Gasteiger partial charge in [0.25, 0.3) is 11.8 Å². The Balaban J connectivity index is 1.85. The Bertz CT molecular complexity index is 725. The smallest absolute Gasteiger partial charge is 0.269 e. The fourth-order valence-electron chi connectivity index (χ4n) is 1.80. The molecule has 0 unspecified atom stereocenters. The van der Waals surface area contributed by atoms with Crippen LogP contribution < -0.4 is 16.2 Å². The standard InChI is InChI=1S/C17H17N3O2S/c1-11-3-7-13(8-4-11)15(21)18-17(23)20-19-16(22)14-9-5-12(2)6-10-14/h3-10H,1-2H3,(H,19,22)(H2,18,20,21,23). The van der Waals surface area contributed by atoms with Crippen molar-refractivity contribution in [3.05, 3.63) is 70.8 Å². The van der Waals surface area contributed by atoms with Gasteiger partial charge in [-0.3, -0.25) is 25.8 Å². The molecule has 0 bridgehead atoms. The number of nitrogens with one attached hydrogen (secondary N) is 3. The van der Waals surface area contributed by atoms with Crippen molar-refractivity contribution in [3.63, 3.8) is 0 Å². The van der Waals surface area contributed by atoms with E-state index < -0.39 is 0 Å². The maximum absolute atomic E-state index is 12.0. The number of thiocarbonyl (C=S) groups is 1. The van der Waals surface area contributed by atoms with E-state index in [1.54, 1.807) is 24.3 Å². The summed E-state index contributed by atoms with van der Waals surface area (Å²) in [6.07, 6.45) is 0. The van der Waals surface area contributed by atoms with E-state index in [-0.39, 0.29) is 16.9 Å². The number of benzene rings is 2. The summed E-state index contributed by atoms with van der Waals surface area (Å²) in [5.74, 6) is -0.677. The Hall–Kier alpha value is -2.73. The molecule has 0 aliphatic carbocycles. The molecule has 23 heavy (non-hydrogen) atoms. The van der Waals surface area contributed by atoms with Crippen molar-refractivity contribution in [2.45, 2.75) is 13.8 Å². The first-order chi connectivity index (χ1) is 11.0. The highest BCUT2D eigenvalue weighted by Crippen LogP contribution is 2.03. The monoisotopic (exact) mass is 327 g/mol. The van der Waals surface area contributed by atoms with E-state index in [9.17, 15) is 9.59 Å². The Morgan fingerprint density at radius 3 is 1.65 bits per heavy atom. The van der Waals surface area contributed by atoms with Crippen LogP contribution in [-0.2, 0) is 0 Å². The number of carbonyl (C=O) groups excluding carboxylic acids is 2. The van der Waals surface area contributed by atoms with Gasteiger partial charge in [-0.25, -0.2) is 0 Å². The van der Waals surface area contributed by atoms with Crippen LogP contribution in [0.1, 0.15) is 31.8 Å². The van der Waals surface area contributed by atoms with Gasteiger partial charge in [-0.05, 0) is 50.3 Å². The molecule has 0 heterocycles. The molecule has 2 rings (SSSR count). The summed E-state index contributed by atoms with van der Waals surface area (Å²) in [4.78, 5) is 23.9. The van der Waals surface area contributed by atoms with Gasteiger partial charge in [0.15, 0.2) is 5.11 Å². The van der Waals surface area contributed by atoms with Crippen LogP contribution in [0.4, 0.5) is 0 Å². The zero-order valence-corrected chi connectivity index (χ0v) is 13.7. The molecule has 0 spiro atoms. The molecule has 2 aromatic carbocycles. The van der Waals surface area contributed by atoms with Crippen LogP contribution in [0.3, 0.4) is 0 Å². The summed E-state index contributed by atoms with van der Waals surface area (Å²) in [6.45, 7) is 3.88. The van der Waals surface area contributed by atoms with Crippen molar-refractivity contribution in [2.75, 3.05) is 0 Å². The minimum absolute atomic E-state index is 0.0241. The molecule has 0 saturated heterocycles. The number of hydrazine groups is 1. The molecular weight excluding hydrogens is 310 g/mol. The van der Waals surface area contributed by atoms with Crippen LogP contribution in [0.15, 0.2) is 48.5 Å². The SMILES string of the molecule is Cc1ccc(C(=O)NNC(=S)NC(=O)c2ccc(C)cc2)cc1. The molecule has 0 aromatic heterocycles. The minimum Gasteiger partial charge on any atom is -0.298 e. The maximum Gasteiger partial charge on any atom is 0.269 e. The number of amides is 2. The van der Waals surface area contributed by atoms with Crippen molar-refractivity contribution in [1.82, 2.24) is 16.2 Å². The van der Waals surface area contributed by atoms with Gasteiger partial charge in [0.1, 0.15) is 0 Å². The average molecular weight is 327 g/mol. The van der Waals surface area contributed by atoms with Crippen LogP contribution in [-0.4, -0.2) is 16.9 Å². The summed E-state index contributed by atoms with van der Waals surface area (Å²) in [7, 11) is 0. The number of hydrogen-bond acceptors (Lipinski definition) is 3. The van der Waals surface area contributed by atoms with E-state index in [4.69, 9.17) is 12.2 Å². The molecule has 3 N–H and O–H groups in total. The Labute approximate surface area is 140 Å². The van der Waals surface area contributed by atoms with Gasteiger partial charge in [0, 0.05) is 11.1 Å². The van der Waals surface area contributed by atoms with Gasteiger partial charge in [0.05, 0.1) is 0 Å². The molecule has 6 heteroatoms. The minimum atomic E-state index is -0.341. The van der Waals surface area contributed by atoms with E-state index in [1.807, 2.05) is 38.1 Å². The molecule has 118 valence electrons. The summed E-state index contributed by atoms with van der Waals surface area (Å²) in [5, 5.41) is 2.52. The lowest BCUT2D eigenvalue weighted by atomic mass is 10.1. The topological polar surface area (TPSA) is 70.2 Å². The second-order valence-electron chi connectivity index (χ2n) is 5.09. The first kappa shape index (κ1) is 16.6. The normalized spacial score (nSPS) is 9.83. The largest absolute Gasteiger partial charge is 0.298 e. The molecule has 2 amide bonds. The van der Waals surface area contributed by atoms with Gasteiger partial charge in [-0.15, -0.1) is 0 Å². The number of carbonyl (C=O) groups is 2. The molecule has 0 saturated carbocycles. The third-order valence-electron chi connectivity index (χ3n) is 3.14. The lowest BCUT2D eigenvalue weighted by Crippen LogP contribution is -2.48. The lowest BCUT2D eigenvalue weighted by Gasteiger charge is -2.11. The Morgan fingerprint density at radius 1 is 0.739 bits per heavy atom. The van der Waals surface area contributed by atoms with E-state index in [1.165, 1.54) is 0 Å². The summed E-state index contributed by atoms with van der Waals surface area (Å²) in [5.41, 5.74) is 8.06. The Morgan fingerprint density at radius 2 is 1.17 bits per heavy atom. The highest BCUT2D eigenvalue weighted by atomic mass is 32.1. The van der Waals surface area contributed by atoms with Crippen LogP contribution >= 0.6 is 12.2 Å². The van der Waals surface area contributed by atoms with E-state index in [0.717, 1.165) is 11.1 Å². The molecule has 0 fully saturated rings. The molecule has 2 aromatic rings. The Kier molecular flexibility index (Phi) is 5.43. The molecule has 5 nitrogen and oxygen atoms in total. The van der Waals surface area contributed by atoms with Crippen molar-refractivity contribution < 1.29 is 9.59 Å². The van der Waals surface area contributed by atoms with Crippen molar-refractivity contribution in [2.24, 2.45) is 0 Å². The predicted octanol–water partition coefficient (Wildman–Crippen LogP) is 2.25. The molecule has 0 radical (unpaired) electrons. The highest BCUT2D eigenvalue weighted by molar-refractivity contribution is 7.80. The van der Waals surface area contributed by atoms with Gasteiger partial charge >= 0.3 is 0 Å². The van der Waals surface area contributed by atoms with Gasteiger partial charge in [-0.2, -0.15) is 0 Å². The maximum atomic E-state index is 12.0. The first-order valence-electron chi connectivity index (χ1n) is 7.01. The van der Waals surface area contributed by atoms with Crippen LogP contribution in [0.5, 0.6) is 0 Å². The second-order valence-corrected chi connectivity index (χ2v) is 5.50. The quantitative estimate of drug-likeness (QED) is 0.584. The highest BCUT2D eigenvalue weighted by Gasteiger charge is 2.09. The summed E-state index contributed by atoms with van der Waals surface area (Å²) >= 11 is 4.99. The molecule has 0 aliphatic rings. The average Bonchev–Trinajstić information content (AvgIpc) is 2.54. The molecule has 0 atom stereocenters. The molecular formula is C17H17N3O2S. The number of aryl methyl sites for hydroxylation is 2. The van der Waals surface area contributed by atoms with Gasteiger partial charge < -0.3 is 0 Å². The fraction of sp³-hybridized carbons (Fsp3) is 0.118. The zero-order valence-electron chi connectivity index (χ0n) is 12.8. The second kappa shape index (κ2) is 7.51. The van der Waals surface area contributed by atoms with Gasteiger partial charge in [-0.1, -0.05) is 35.4 Å². The number of rotatable bonds is 2. The third-order valence-corrected chi connectivity index (χ3v) is 3.35. The zero-order chi connectivity index (χ0) is 16.8. The van der Waals surface area contributed by atoms with E-state index in [0.29, 0.717) is 11.1 Å². The van der Waals surface area contributed by atoms with Crippen molar-refractivity contribution in [3.8, 4) is 0 Å². The van der Waals surface area contributed by atoms with E-state index in [2.05, 4.69) is 16.2 Å². The van der Waals surface area contributed by atoms with Gasteiger partial charge in [0.2, 0.25) is 0 Å². The first-order valence-corrected chi connectivity index (χ1v) is 7.41. The van der Waals surface area contributed by atoms with Crippen molar-refractivity contribution >= 4 is 29.1 Å². The van der Waals surface area contributed by atoms with Crippen LogP contribution in [0.25, 0.3) is 0 Å². The van der Waals surface area contributed by atoms with E-state index >= 15 is 0 Å². The van der Waals surface area contributed by atoms with Crippen LogP contribution in [0, 0.1) is 13.8 Å². The number of hydrogen-bond donors (Lipinski definition) is 3. The third kappa shape index (κ3) is 4.89. The summed E-state index contributed by atoms with van der Waals surface area (Å²) < 4.78 is 0. The molecule has 0 aliphatic heterocycles.